The Hall–Kier alpha value is -2.61. The first-order valence-electron chi connectivity index (χ1n) is 8.59. The van der Waals surface area contributed by atoms with Crippen LogP contribution in [0.1, 0.15) is 43.9 Å². The van der Waals surface area contributed by atoms with Crippen molar-refractivity contribution in [1.82, 2.24) is 9.97 Å². The van der Waals surface area contributed by atoms with Crippen LogP contribution in [-0.4, -0.2) is 22.6 Å². The maximum Gasteiger partial charge on any atom is 0.227 e. The minimum Gasteiger partial charge on any atom is -0.340 e. The molecule has 1 fully saturated rings. The van der Waals surface area contributed by atoms with Crippen molar-refractivity contribution >= 4 is 17.5 Å². The second-order valence-electron chi connectivity index (χ2n) is 6.26. The number of rotatable bonds is 4. The summed E-state index contributed by atoms with van der Waals surface area (Å²) in [7, 11) is 0. The van der Waals surface area contributed by atoms with Crippen LogP contribution in [-0.2, 0) is 0 Å². The van der Waals surface area contributed by atoms with Gasteiger partial charge >= 0.3 is 0 Å². The van der Waals surface area contributed by atoms with Crippen LogP contribution in [0.25, 0.3) is 0 Å². The van der Waals surface area contributed by atoms with E-state index in [1.54, 1.807) is 12.1 Å². The Balaban J connectivity index is 1.84. The van der Waals surface area contributed by atoms with E-state index >= 15 is 0 Å². The first kappa shape index (κ1) is 16.3. The van der Waals surface area contributed by atoms with Crippen molar-refractivity contribution in [3.05, 3.63) is 41.6 Å². The molecule has 1 aromatic heterocycles. The maximum absolute atomic E-state index is 8.89. The molecule has 0 spiro atoms. The van der Waals surface area contributed by atoms with Crippen LogP contribution in [0.5, 0.6) is 0 Å². The standard InChI is InChI=1S/C19H23N5/c1-3-17-6-4-5-11-24(17)19-21-14(2)12-18(23-19)22-16-9-7-15(13-20)8-10-16/h7-10,12,17H,3-6,11H2,1-2H3,(H,21,22,23). The van der Waals surface area contributed by atoms with Gasteiger partial charge in [0.1, 0.15) is 5.82 Å². The van der Waals surface area contributed by atoms with Gasteiger partial charge in [0.2, 0.25) is 5.95 Å². The van der Waals surface area contributed by atoms with Crippen LogP contribution < -0.4 is 10.2 Å². The Kier molecular flexibility index (Phi) is 4.95. The first-order valence-corrected chi connectivity index (χ1v) is 8.59. The lowest BCUT2D eigenvalue weighted by atomic mass is 10.0. The third-order valence-electron chi connectivity index (χ3n) is 4.48. The summed E-state index contributed by atoms with van der Waals surface area (Å²) < 4.78 is 0. The Morgan fingerprint density at radius 1 is 1.25 bits per heavy atom. The fourth-order valence-electron chi connectivity index (χ4n) is 3.21. The molecule has 1 N–H and O–H groups in total. The summed E-state index contributed by atoms with van der Waals surface area (Å²) in [5.74, 6) is 1.61. The summed E-state index contributed by atoms with van der Waals surface area (Å²) in [6.45, 7) is 5.26. The fraction of sp³-hybridized carbons (Fsp3) is 0.421. The predicted octanol–water partition coefficient (Wildman–Crippen LogP) is 4.17. The van der Waals surface area contributed by atoms with Crippen molar-refractivity contribution in [2.75, 3.05) is 16.8 Å². The highest BCUT2D eigenvalue weighted by Crippen LogP contribution is 2.26. The number of anilines is 3. The van der Waals surface area contributed by atoms with E-state index in [-0.39, 0.29) is 0 Å². The maximum atomic E-state index is 8.89. The Morgan fingerprint density at radius 2 is 2.04 bits per heavy atom. The molecule has 0 aliphatic carbocycles. The molecule has 1 aromatic carbocycles. The number of aryl methyl sites for hydroxylation is 1. The molecule has 0 bridgehead atoms. The van der Waals surface area contributed by atoms with E-state index in [1.807, 2.05) is 25.1 Å². The smallest absolute Gasteiger partial charge is 0.227 e. The SMILES string of the molecule is CCC1CCCCN1c1nc(C)cc(Nc2ccc(C#N)cc2)n1. The molecule has 1 aliphatic rings. The highest BCUT2D eigenvalue weighted by molar-refractivity contribution is 5.59. The summed E-state index contributed by atoms with van der Waals surface area (Å²) in [5.41, 5.74) is 2.53. The van der Waals surface area contributed by atoms with Gasteiger partial charge in [-0.05, 0) is 56.9 Å². The first-order chi connectivity index (χ1) is 11.7. The van der Waals surface area contributed by atoms with E-state index in [2.05, 4.69) is 28.2 Å². The highest BCUT2D eigenvalue weighted by Gasteiger charge is 2.23. The zero-order chi connectivity index (χ0) is 16.9. The van der Waals surface area contributed by atoms with Crippen molar-refractivity contribution < 1.29 is 0 Å². The second-order valence-corrected chi connectivity index (χ2v) is 6.26. The summed E-state index contributed by atoms with van der Waals surface area (Å²) >= 11 is 0. The number of piperidine rings is 1. The summed E-state index contributed by atoms with van der Waals surface area (Å²) in [5, 5.41) is 12.2. The fourth-order valence-corrected chi connectivity index (χ4v) is 3.21. The van der Waals surface area contributed by atoms with Crippen molar-refractivity contribution in [3.8, 4) is 6.07 Å². The number of nitriles is 1. The Labute approximate surface area is 143 Å². The molecule has 24 heavy (non-hydrogen) atoms. The summed E-state index contributed by atoms with van der Waals surface area (Å²) in [6, 6.07) is 12.0. The van der Waals surface area contributed by atoms with E-state index in [0.717, 1.165) is 36.1 Å². The minimum absolute atomic E-state index is 0.531. The molecule has 1 atom stereocenters. The van der Waals surface area contributed by atoms with E-state index < -0.39 is 0 Å². The monoisotopic (exact) mass is 321 g/mol. The molecule has 2 aromatic rings. The molecule has 5 nitrogen and oxygen atoms in total. The molecule has 3 rings (SSSR count). The largest absolute Gasteiger partial charge is 0.340 e. The van der Waals surface area contributed by atoms with Crippen molar-refractivity contribution in [3.63, 3.8) is 0 Å². The van der Waals surface area contributed by atoms with Crippen LogP contribution in [0.2, 0.25) is 0 Å². The quantitative estimate of drug-likeness (QED) is 0.915. The molecule has 1 aliphatic heterocycles. The molecule has 5 heteroatoms. The van der Waals surface area contributed by atoms with E-state index in [1.165, 1.54) is 19.3 Å². The average molecular weight is 321 g/mol. The number of nitrogens with zero attached hydrogens (tertiary/aromatic N) is 4. The molecule has 124 valence electrons. The van der Waals surface area contributed by atoms with E-state index in [9.17, 15) is 0 Å². The number of nitrogens with one attached hydrogen (secondary N) is 1. The van der Waals surface area contributed by atoms with Crippen molar-refractivity contribution in [1.29, 1.82) is 5.26 Å². The minimum atomic E-state index is 0.531. The lowest BCUT2D eigenvalue weighted by Crippen LogP contribution is -2.40. The van der Waals surface area contributed by atoms with E-state index in [0.29, 0.717) is 11.6 Å². The van der Waals surface area contributed by atoms with Gasteiger partial charge in [0.15, 0.2) is 0 Å². The zero-order valence-corrected chi connectivity index (χ0v) is 14.3. The normalized spacial score (nSPS) is 17.4. The van der Waals surface area contributed by atoms with Crippen LogP contribution in [0.4, 0.5) is 17.5 Å². The number of aromatic nitrogens is 2. The van der Waals surface area contributed by atoms with Crippen LogP contribution in [0.3, 0.4) is 0 Å². The van der Waals surface area contributed by atoms with Gasteiger partial charge in [0.05, 0.1) is 11.6 Å². The van der Waals surface area contributed by atoms with Crippen LogP contribution in [0.15, 0.2) is 30.3 Å². The van der Waals surface area contributed by atoms with Gasteiger partial charge in [0.25, 0.3) is 0 Å². The third kappa shape index (κ3) is 3.65. The van der Waals surface area contributed by atoms with Gasteiger partial charge in [-0.15, -0.1) is 0 Å². The topological polar surface area (TPSA) is 64.8 Å². The van der Waals surface area contributed by atoms with Gasteiger partial charge in [0, 0.05) is 30.0 Å². The number of hydrogen-bond donors (Lipinski definition) is 1. The number of hydrogen-bond acceptors (Lipinski definition) is 5. The van der Waals surface area contributed by atoms with Gasteiger partial charge in [-0.2, -0.15) is 10.2 Å². The summed E-state index contributed by atoms with van der Waals surface area (Å²) in [4.78, 5) is 11.7. The average Bonchev–Trinajstić information content (AvgIpc) is 2.62. The molecular formula is C19H23N5. The molecule has 1 saturated heterocycles. The lowest BCUT2D eigenvalue weighted by Gasteiger charge is -2.35. The molecule has 0 radical (unpaired) electrons. The van der Waals surface area contributed by atoms with Gasteiger partial charge in [-0.1, -0.05) is 6.92 Å². The van der Waals surface area contributed by atoms with Crippen molar-refractivity contribution in [2.45, 2.75) is 45.6 Å². The third-order valence-corrected chi connectivity index (χ3v) is 4.48. The molecule has 0 amide bonds. The van der Waals surface area contributed by atoms with Gasteiger partial charge < -0.3 is 10.2 Å². The van der Waals surface area contributed by atoms with Crippen LogP contribution in [0, 0.1) is 18.3 Å². The molecular weight excluding hydrogens is 298 g/mol. The Bertz CT molecular complexity index is 732. The highest BCUT2D eigenvalue weighted by atomic mass is 15.3. The molecule has 2 heterocycles. The Morgan fingerprint density at radius 3 is 2.75 bits per heavy atom. The second kappa shape index (κ2) is 7.31. The van der Waals surface area contributed by atoms with E-state index in [4.69, 9.17) is 10.2 Å². The predicted molar refractivity (Wildman–Crippen MR) is 96.5 cm³/mol. The molecule has 1 unspecified atom stereocenters. The van der Waals surface area contributed by atoms with Gasteiger partial charge in [-0.25, -0.2) is 4.98 Å². The zero-order valence-electron chi connectivity index (χ0n) is 14.3. The van der Waals surface area contributed by atoms with Gasteiger partial charge in [-0.3, -0.25) is 0 Å². The lowest BCUT2D eigenvalue weighted by molar-refractivity contribution is 0.443. The van der Waals surface area contributed by atoms with Crippen molar-refractivity contribution in [2.24, 2.45) is 0 Å². The summed E-state index contributed by atoms with van der Waals surface area (Å²) in [6.07, 6.45) is 4.82. The van der Waals surface area contributed by atoms with Crippen LogP contribution >= 0.6 is 0 Å². The molecule has 0 saturated carbocycles. The number of benzene rings is 1.